The van der Waals surface area contributed by atoms with Crippen molar-refractivity contribution in [3.63, 3.8) is 0 Å². The zero-order chi connectivity index (χ0) is 27.9. The number of carbonyl (C=O) groups is 1. The smallest absolute Gasteiger partial charge is 0.411 e. The summed E-state index contributed by atoms with van der Waals surface area (Å²) in [6.07, 6.45) is 1.08. The van der Waals surface area contributed by atoms with Gasteiger partial charge in [0.05, 0.1) is 30.7 Å². The van der Waals surface area contributed by atoms with Crippen molar-refractivity contribution in [3.8, 4) is 39.7 Å². The molecule has 4 aromatic rings. The Kier molecular flexibility index (Phi) is 9.10. The molecular weight excluding hydrogens is 574 g/mol. The predicted molar refractivity (Wildman–Crippen MR) is 158 cm³/mol. The maximum atomic E-state index is 12.0. The molecule has 0 atom stereocenters. The highest BCUT2D eigenvalue weighted by molar-refractivity contribution is 9.10. The van der Waals surface area contributed by atoms with Gasteiger partial charge in [0, 0.05) is 48.2 Å². The van der Waals surface area contributed by atoms with Gasteiger partial charge in [0.15, 0.2) is 0 Å². The van der Waals surface area contributed by atoms with Gasteiger partial charge < -0.3 is 19.2 Å². The second kappa shape index (κ2) is 13.1. The second-order valence-electron chi connectivity index (χ2n) is 9.66. The fourth-order valence-electron chi connectivity index (χ4n) is 4.41. The molecule has 40 heavy (non-hydrogen) atoms. The van der Waals surface area contributed by atoms with Crippen LogP contribution in [0, 0.1) is 0 Å². The number of nitrogens with one attached hydrogen (secondary N) is 2. The SMILES string of the molecule is CC(C)OC(=O)Nc1ccc(-c2nc(-c3cccc(OCCN4CCOCC4)c3)c(-c3ccnc(Br)c3)[nH]2)cc1. The van der Waals surface area contributed by atoms with Gasteiger partial charge in [-0.3, -0.25) is 10.2 Å². The van der Waals surface area contributed by atoms with Gasteiger partial charge in [0.25, 0.3) is 0 Å². The topological polar surface area (TPSA) is 102 Å². The van der Waals surface area contributed by atoms with E-state index in [9.17, 15) is 4.79 Å². The van der Waals surface area contributed by atoms with E-state index in [-0.39, 0.29) is 6.10 Å². The van der Waals surface area contributed by atoms with Crippen molar-refractivity contribution in [1.29, 1.82) is 0 Å². The average Bonchev–Trinajstić information content (AvgIpc) is 3.40. The quantitative estimate of drug-likeness (QED) is 0.218. The number of anilines is 1. The lowest BCUT2D eigenvalue weighted by Crippen LogP contribution is -2.38. The molecule has 2 N–H and O–H groups in total. The molecule has 0 saturated carbocycles. The highest BCUT2D eigenvalue weighted by Crippen LogP contribution is 2.35. The molecule has 5 rings (SSSR count). The fraction of sp³-hybridized carbons (Fsp3) is 0.300. The van der Waals surface area contributed by atoms with Crippen molar-refractivity contribution in [2.75, 3.05) is 44.8 Å². The van der Waals surface area contributed by atoms with Crippen LogP contribution in [0.2, 0.25) is 0 Å². The molecule has 0 aliphatic carbocycles. The molecule has 3 heterocycles. The van der Waals surface area contributed by atoms with E-state index in [2.05, 4.69) is 36.1 Å². The van der Waals surface area contributed by atoms with Crippen LogP contribution in [-0.4, -0.2) is 71.5 Å². The van der Waals surface area contributed by atoms with Crippen LogP contribution < -0.4 is 10.1 Å². The summed E-state index contributed by atoms with van der Waals surface area (Å²) in [4.78, 5) is 27.1. The number of morpholine rings is 1. The molecule has 1 aliphatic rings. The van der Waals surface area contributed by atoms with Crippen LogP contribution >= 0.6 is 15.9 Å². The van der Waals surface area contributed by atoms with E-state index in [0.29, 0.717) is 18.1 Å². The van der Waals surface area contributed by atoms with Gasteiger partial charge in [-0.05, 0) is 78.3 Å². The lowest BCUT2D eigenvalue weighted by atomic mass is 10.1. The molecule has 9 nitrogen and oxygen atoms in total. The predicted octanol–water partition coefficient (Wildman–Crippen LogP) is 6.24. The second-order valence-corrected chi connectivity index (χ2v) is 10.5. The third-order valence-corrected chi connectivity index (χ3v) is 6.79. The summed E-state index contributed by atoms with van der Waals surface area (Å²) in [7, 11) is 0. The highest BCUT2D eigenvalue weighted by atomic mass is 79.9. The summed E-state index contributed by atoms with van der Waals surface area (Å²) in [6.45, 7) is 8.49. The number of aromatic amines is 1. The van der Waals surface area contributed by atoms with Gasteiger partial charge in [-0.1, -0.05) is 12.1 Å². The minimum absolute atomic E-state index is 0.193. The van der Waals surface area contributed by atoms with Gasteiger partial charge in [0.2, 0.25) is 0 Å². The molecule has 1 saturated heterocycles. The number of pyridine rings is 1. The number of imidazole rings is 1. The normalized spacial score (nSPS) is 13.8. The zero-order valence-corrected chi connectivity index (χ0v) is 24.1. The Balaban J connectivity index is 1.39. The first-order valence-corrected chi connectivity index (χ1v) is 14.1. The van der Waals surface area contributed by atoms with E-state index >= 15 is 0 Å². The number of rotatable bonds is 9. The van der Waals surface area contributed by atoms with E-state index in [1.54, 1.807) is 6.20 Å². The van der Waals surface area contributed by atoms with Gasteiger partial charge in [-0.15, -0.1) is 0 Å². The summed E-state index contributed by atoms with van der Waals surface area (Å²) >= 11 is 3.49. The highest BCUT2D eigenvalue weighted by Gasteiger charge is 2.17. The molecule has 1 fully saturated rings. The summed E-state index contributed by atoms with van der Waals surface area (Å²) in [5.74, 6) is 1.49. The van der Waals surface area contributed by atoms with Gasteiger partial charge in [0.1, 0.15) is 22.8 Å². The van der Waals surface area contributed by atoms with E-state index < -0.39 is 6.09 Å². The third-order valence-electron chi connectivity index (χ3n) is 6.35. The molecule has 0 unspecified atom stereocenters. The van der Waals surface area contributed by atoms with E-state index in [0.717, 1.165) is 71.3 Å². The van der Waals surface area contributed by atoms with Crippen molar-refractivity contribution in [2.45, 2.75) is 20.0 Å². The van der Waals surface area contributed by atoms with Crippen LogP contribution in [0.1, 0.15) is 13.8 Å². The van der Waals surface area contributed by atoms with Gasteiger partial charge in [-0.25, -0.2) is 14.8 Å². The molecule has 2 aromatic carbocycles. The Labute approximate surface area is 242 Å². The van der Waals surface area contributed by atoms with E-state index in [1.807, 2.05) is 74.5 Å². The molecule has 0 spiro atoms. The minimum atomic E-state index is -0.486. The largest absolute Gasteiger partial charge is 0.492 e. The summed E-state index contributed by atoms with van der Waals surface area (Å²) in [5, 5.41) is 2.74. The monoisotopic (exact) mass is 605 g/mol. The molecule has 208 valence electrons. The van der Waals surface area contributed by atoms with Gasteiger partial charge in [-0.2, -0.15) is 0 Å². The van der Waals surface area contributed by atoms with Crippen molar-refractivity contribution < 1.29 is 19.0 Å². The number of halogens is 1. The molecule has 2 aromatic heterocycles. The van der Waals surface area contributed by atoms with Crippen molar-refractivity contribution >= 4 is 27.7 Å². The Morgan fingerprint density at radius 3 is 2.62 bits per heavy atom. The number of amides is 1. The number of nitrogens with zero attached hydrogens (tertiary/aromatic N) is 3. The first kappa shape index (κ1) is 27.8. The van der Waals surface area contributed by atoms with Crippen molar-refractivity contribution in [3.05, 3.63) is 71.5 Å². The summed E-state index contributed by atoms with van der Waals surface area (Å²) < 4.78 is 17.4. The Bertz CT molecular complexity index is 1430. The van der Waals surface area contributed by atoms with E-state index in [1.165, 1.54) is 0 Å². The zero-order valence-electron chi connectivity index (χ0n) is 22.5. The number of carbonyl (C=O) groups excluding carboxylic acids is 1. The Hall–Kier alpha value is -3.73. The van der Waals surface area contributed by atoms with Gasteiger partial charge >= 0.3 is 6.09 Å². The average molecular weight is 607 g/mol. The number of aromatic nitrogens is 3. The van der Waals surface area contributed by atoms with Crippen LogP contribution in [0.3, 0.4) is 0 Å². The lowest BCUT2D eigenvalue weighted by Gasteiger charge is -2.26. The van der Waals surface area contributed by atoms with Crippen molar-refractivity contribution in [1.82, 2.24) is 19.9 Å². The number of ether oxygens (including phenoxy) is 3. The fourth-order valence-corrected chi connectivity index (χ4v) is 4.77. The number of hydrogen-bond donors (Lipinski definition) is 2. The standard InChI is InChI=1S/C30H32BrN5O4/c1-20(2)40-30(37)33-24-8-6-21(7-9-24)29-34-27(28(35-29)23-10-11-32-26(31)19-23)22-4-3-5-25(18-22)39-17-14-36-12-15-38-16-13-36/h3-11,18-20H,12-17H2,1-2H3,(H,33,37)(H,34,35). The molecule has 1 aliphatic heterocycles. The molecule has 0 radical (unpaired) electrons. The number of hydrogen-bond acceptors (Lipinski definition) is 7. The number of benzene rings is 2. The lowest BCUT2D eigenvalue weighted by molar-refractivity contribution is 0.0322. The number of H-pyrrole nitrogens is 1. The van der Waals surface area contributed by atoms with Crippen LogP contribution in [0.5, 0.6) is 5.75 Å². The Morgan fingerprint density at radius 1 is 1.07 bits per heavy atom. The van der Waals surface area contributed by atoms with Crippen molar-refractivity contribution in [2.24, 2.45) is 0 Å². The van der Waals surface area contributed by atoms with Crippen LogP contribution in [0.25, 0.3) is 33.9 Å². The maximum Gasteiger partial charge on any atom is 0.411 e. The molecule has 1 amide bonds. The Morgan fingerprint density at radius 2 is 1.88 bits per heavy atom. The summed E-state index contributed by atoms with van der Waals surface area (Å²) in [6, 6.07) is 19.4. The first-order chi connectivity index (χ1) is 19.4. The third kappa shape index (κ3) is 7.26. The maximum absolute atomic E-state index is 12.0. The first-order valence-electron chi connectivity index (χ1n) is 13.3. The van der Waals surface area contributed by atoms with Crippen LogP contribution in [0.15, 0.2) is 71.5 Å². The van der Waals surface area contributed by atoms with E-state index in [4.69, 9.17) is 19.2 Å². The van der Waals surface area contributed by atoms with Crippen LogP contribution in [0.4, 0.5) is 10.5 Å². The summed E-state index contributed by atoms with van der Waals surface area (Å²) in [5.41, 5.74) is 5.07. The minimum Gasteiger partial charge on any atom is -0.492 e. The molecular formula is C30H32BrN5O4. The molecule has 10 heteroatoms. The van der Waals surface area contributed by atoms with Crippen LogP contribution in [-0.2, 0) is 9.47 Å². The molecule has 0 bridgehead atoms.